The van der Waals surface area contributed by atoms with E-state index >= 15 is 0 Å². The molecule has 0 saturated heterocycles. The lowest BCUT2D eigenvalue weighted by Gasteiger charge is -2.05. The SMILES string of the molecule is CC(Cl)c1nc(-c2ccccc2)cc(=O)[nH]1. The maximum Gasteiger partial charge on any atom is 0.251 e. The van der Waals surface area contributed by atoms with Gasteiger partial charge in [-0.25, -0.2) is 4.98 Å². The number of halogens is 1. The van der Waals surface area contributed by atoms with Gasteiger partial charge in [0.2, 0.25) is 0 Å². The summed E-state index contributed by atoms with van der Waals surface area (Å²) in [4.78, 5) is 18.4. The lowest BCUT2D eigenvalue weighted by molar-refractivity contribution is 0.897. The van der Waals surface area contributed by atoms with Crippen LogP contribution in [0.4, 0.5) is 0 Å². The van der Waals surface area contributed by atoms with Crippen LogP contribution in [0.5, 0.6) is 0 Å². The summed E-state index contributed by atoms with van der Waals surface area (Å²) >= 11 is 5.90. The Morgan fingerprint density at radius 3 is 2.62 bits per heavy atom. The molecule has 0 aliphatic carbocycles. The van der Waals surface area contributed by atoms with Crippen LogP contribution in [-0.4, -0.2) is 9.97 Å². The molecule has 0 aliphatic rings. The molecule has 0 bridgehead atoms. The van der Waals surface area contributed by atoms with Gasteiger partial charge in [-0.05, 0) is 6.92 Å². The van der Waals surface area contributed by atoms with Gasteiger partial charge in [0.15, 0.2) is 0 Å². The lowest BCUT2D eigenvalue weighted by atomic mass is 10.1. The smallest absolute Gasteiger partial charge is 0.251 e. The lowest BCUT2D eigenvalue weighted by Crippen LogP contribution is -2.11. The molecule has 1 unspecified atom stereocenters. The molecule has 1 aromatic carbocycles. The van der Waals surface area contributed by atoms with Crippen molar-refractivity contribution in [2.45, 2.75) is 12.3 Å². The van der Waals surface area contributed by atoms with Gasteiger partial charge in [-0.1, -0.05) is 30.3 Å². The molecule has 0 amide bonds. The molecule has 0 fully saturated rings. The quantitative estimate of drug-likeness (QED) is 0.813. The van der Waals surface area contributed by atoms with Gasteiger partial charge < -0.3 is 4.98 Å². The van der Waals surface area contributed by atoms with E-state index in [1.54, 1.807) is 6.92 Å². The van der Waals surface area contributed by atoms with Crippen molar-refractivity contribution in [3.05, 3.63) is 52.6 Å². The summed E-state index contributed by atoms with van der Waals surface area (Å²) in [6.07, 6.45) is 0. The van der Waals surface area contributed by atoms with Gasteiger partial charge in [0.25, 0.3) is 5.56 Å². The van der Waals surface area contributed by atoms with Crippen molar-refractivity contribution in [2.75, 3.05) is 0 Å². The van der Waals surface area contributed by atoms with Crippen LogP contribution in [0.1, 0.15) is 18.1 Å². The molecule has 0 aliphatic heterocycles. The maximum atomic E-state index is 11.4. The molecule has 3 nitrogen and oxygen atoms in total. The second-order valence-electron chi connectivity index (χ2n) is 3.50. The van der Waals surface area contributed by atoms with E-state index in [1.807, 2.05) is 30.3 Å². The summed E-state index contributed by atoms with van der Waals surface area (Å²) in [7, 11) is 0. The third-order valence-electron chi connectivity index (χ3n) is 2.21. The van der Waals surface area contributed by atoms with Crippen LogP contribution in [0.2, 0.25) is 0 Å². The number of benzene rings is 1. The molecule has 0 saturated carbocycles. The second-order valence-corrected chi connectivity index (χ2v) is 4.15. The Balaban J connectivity index is 2.54. The monoisotopic (exact) mass is 234 g/mol. The number of aromatic amines is 1. The van der Waals surface area contributed by atoms with Gasteiger partial charge in [0.1, 0.15) is 5.82 Å². The predicted molar refractivity (Wildman–Crippen MR) is 64.6 cm³/mol. The molecule has 2 aromatic rings. The maximum absolute atomic E-state index is 11.4. The van der Waals surface area contributed by atoms with Crippen LogP contribution in [0.25, 0.3) is 11.3 Å². The van der Waals surface area contributed by atoms with E-state index < -0.39 is 0 Å². The number of nitrogens with zero attached hydrogens (tertiary/aromatic N) is 1. The molecule has 82 valence electrons. The topological polar surface area (TPSA) is 45.8 Å². The van der Waals surface area contributed by atoms with E-state index in [1.165, 1.54) is 6.07 Å². The highest BCUT2D eigenvalue weighted by Crippen LogP contribution is 2.18. The van der Waals surface area contributed by atoms with E-state index in [9.17, 15) is 4.79 Å². The summed E-state index contributed by atoms with van der Waals surface area (Å²) in [5, 5.41) is -0.309. The summed E-state index contributed by atoms with van der Waals surface area (Å²) in [5.74, 6) is 0.494. The molecule has 1 N–H and O–H groups in total. The van der Waals surface area contributed by atoms with Gasteiger partial charge in [0.05, 0.1) is 11.1 Å². The second kappa shape index (κ2) is 4.49. The molecular formula is C12H11ClN2O. The van der Waals surface area contributed by atoms with Crippen molar-refractivity contribution >= 4 is 11.6 Å². The Hall–Kier alpha value is -1.61. The van der Waals surface area contributed by atoms with E-state index in [-0.39, 0.29) is 10.9 Å². The number of H-pyrrole nitrogens is 1. The average Bonchev–Trinajstić information content (AvgIpc) is 2.29. The normalized spacial score (nSPS) is 12.4. The standard InChI is InChI=1S/C12H11ClN2O/c1-8(13)12-14-10(7-11(16)15-12)9-5-3-2-4-6-9/h2-8H,1H3,(H,14,15,16). The Morgan fingerprint density at radius 2 is 2.00 bits per heavy atom. The molecule has 1 aromatic heterocycles. The zero-order chi connectivity index (χ0) is 11.5. The number of alkyl halides is 1. The molecule has 2 rings (SSSR count). The van der Waals surface area contributed by atoms with Crippen molar-refractivity contribution in [1.82, 2.24) is 9.97 Å². The molecule has 1 atom stereocenters. The van der Waals surface area contributed by atoms with E-state index in [0.717, 1.165) is 5.56 Å². The minimum atomic E-state index is -0.309. The number of hydrogen-bond acceptors (Lipinski definition) is 2. The molecular weight excluding hydrogens is 224 g/mol. The Labute approximate surface area is 98.1 Å². The van der Waals surface area contributed by atoms with Crippen LogP contribution in [0, 0.1) is 0 Å². The fourth-order valence-corrected chi connectivity index (χ4v) is 1.53. The van der Waals surface area contributed by atoms with E-state index in [4.69, 9.17) is 11.6 Å². The first-order valence-electron chi connectivity index (χ1n) is 4.97. The van der Waals surface area contributed by atoms with Gasteiger partial charge in [-0.3, -0.25) is 4.79 Å². The van der Waals surface area contributed by atoms with Crippen molar-refractivity contribution in [1.29, 1.82) is 0 Å². The highest BCUT2D eigenvalue weighted by atomic mass is 35.5. The minimum absolute atomic E-state index is 0.184. The van der Waals surface area contributed by atoms with Gasteiger partial charge in [-0.2, -0.15) is 0 Å². The Kier molecular flexibility index (Phi) is 3.06. The first kappa shape index (κ1) is 10.9. The largest absolute Gasteiger partial charge is 0.309 e. The molecule has 1 heterocycles. The molecule has 0 spiro atoms. The third kappa shape index (κ3) is 2.31. The summed E-state index contributed by atoms with van der Waals surface area (Å²) in [6, 6.07) is 11.0. The van der Waals surface area contributed by atoms with Crippen molar-refractivity contribution in [3.8, 4) is 11.3 Å². The van der Waals surface area contributed by atoms with E-state index in [2.05, 4.69) is 9.97 Å². The van der Waals surface area contributed by atoms with Crippen LogP contribution < -0.4 is 5.56 Å². The van der Waals surface area contributed by atoms with Crippen LogP contribution in [-0.2, 0) is 0 Å². The Bertz CT molecular complexity index is 534. The predicted octanol–water partition coefficient (Wildman–Crippen LogP) is 2.74. The highest BCUT2D eigenvalue weighted by Gasteiger charge is 2.07. The first-order valence-corrected chi connectivity index (χ1v) is 5.41. The fraction of sp³-hybridized carbons (Fsp3) is 0.167. The molecule has 16 heavy (non-hydrogen) atoms. The van der Waals surface area contributed by atoms with Gasteiger partial charge in [-0.15, -0.1) is 11.6 Å². The third-order valence-corrected chi connectivity index (χ3v) is 2.41. The highest BCUT2D eigenvalue weighted by molar-refractivity contribution is 6.20. The summed E-state index contributed by atoms with van der Waals surface area (Å²) < 4.78 is 0. The molecule has 4 heteroatoms. The van der Waals surface area contributed by atoms with Crippen molar-refractivity contribution in [2.24, 2.45) is 0 Å². The zero-order valence-electron chi connectivity index (χ0n) is 8.77. The first-order chi connectivity index (χ1) is 7.66. The van der Waals surface area contributed by atoms with Gasteiger partial charge in [0, 0.05) is 11.6 Å². The van der Waals surface area contributed by atoms with E-state index in [0.29, 0.717) is 11.5 Å². The number of rotatable bonds is 2. The number of aromatic nitrogens is 2. The van der Waals surface area contributed by atoms with Crippen molar-refractivity contribution < 1.29 is 0 Å². The van der Waals surface area contributed by atoms with Crippen LogP contribution >= 0.6 is 11.6 Å². The fourth-order valence-electron chi connectivity index (χ4n) is 1.42. The minimum Gasteiger partial charge on any atom is -0.309 e. The van der Waals surface area contributed by atoms with Crippen LogP contribution in [0.15, 0.2) is 41.2 Å². The zero-order valence-corrected chi connectivity index (χ0v) is 9.53. The Morgan fingerprint density at radius 1 is 1.31 bits per heavy atom. The average molecular weight is 235 g/mol. The van der Waals surface area contributed by atoms with Crippen molar-refractivity contribution in [3.63, 3.8) is 0 Å². The van der Waals surface area contributed by atoms with Gasteiger partial charge >= 0.3 is 0 Å². The number of hydrogen-bond donors (Lipinski definition) is 1. The summed E-state index contributed by atoms with van der Waals surface area (Å²) in [5.41, 5.74) is 1.37. The van der Waals surface area contributed by atoms with Crippen LogP contribution in [0.3, 0.4) is 0 Å². The number of nitrogens with one attached hydrogen (secondary N) is 1. The summed E-state index contributed by atoms with van der Waals surface area (Å²) in [6.45, 7) is 1.77. The molecule has 0 radical (unpaired) electrons.